The average molecular weight is 268 g/mol. The Morgan fingerprint density at radius 2 is 2.23 bits per heavy atom. The standard InChI is InChI=1S/C9H18BrNOS/c1-4-8(10)9(12)11-5-7(2)6-13-3/h7-8H,4-6H2,1-3H3,(H,11,12). The summed E-state index contributed by atoms with van der Waals surface area (Å²) in [4.78, 5) is 11.3. The topological polar surface area (TPSA) is 29.1 Å². The second-order valence-corrected chi connectivity index (χ2v) is 5.20. The highest BCUT2D eigenvalue weighted by molar-refractivity contribution is 9.10. The van der Waals surface area contributed by atoms with Crippen LogP contribution in [-0.4, -0.2) is 29.3 Å². The Morgan fingerprint density at radius 3 is 2.69 bits per heavy atom. The van der Waals surface area contributed by atoms with Crippen LogP contribution in [0.1, 0.15) is 20.3 Å². The van der Waals surface area contributed by atoms with Crippen molar-refractivity contribution in [1.82, 2.24) is 5.32 Å². The van der Waals surface area contributed by atoms with Crippen LogP contribution in [-0.2, 0) is 4.79 Å². The molecule has 0 aliphatic carbocycles. The third-order valence-corrected chi connectivity index (χ3v) is 3.68. The Balaban J connectivity index is 3.57. The molecule has 78 valence electrons. The lowest BCUT2D eigenvalue weighted by atomic mass is 10.2. The molecule has 0 spiro atoms. The lowest BCUT2D eigenvalue weighted by Crippen LogP contribution is -2.34. The van der Waals surface area contributed by atoms with E-state index in [1.165, 1.54) is 0 Å². The zero-order chi connectivity index (χ0) is 10.3. The van der Waals surface area contributed by atoms with Crippen LogP contribution in [0.25, 0.3) is 0 Å². The molecule has 0 bridgehead atoms. The summed E-state index contributed by atoms with van der Waals surface area (Å²) in [5.74, 6) is 1.75. The molecule has 4 heteroatoms. The maximum atomic E-state index is 11.3. The third kappa shape index (κ3) is 6.38. The van der Waals surface area contributed by atoms with Crippen LogP contribution >= 0.6 is 27.7 Å². The number of hydrogen-bond acceptors (Lipinski definition) is 2. The number of hydrogen-bond donors (Lipinski definition) is 1. The Bertz CT molecular complexity index is 155. The zero-order valence-corrected chi connectivity index (χ0v) is 10.9. The van der Waals surface area contributed by atoms with Crippen molar-refractivity contribution in [3.05, 3.63) is 0 Å². The van der Waals surface area contributed by atoms with Gasteiger partial charge in [0.1, 0.15) is 0 Å². The van der Waals surface area contributed by atoms with E-state index in [9.17, 15) is 4.79 Å². The number of rotatable bonds is 6. The summed E-state index contributed by atoms with van der Waals surface area (Å²) in [7, 11) is 0. The molecule has 2 nitrogen and oxygen atoms in total. The minimum atomic E-state index is -0.0334. The first-order valence-corrected chi connectivity index (χ1v) is 6.83. The molecule has 0 aromatic rings. The van der Waals surface area contributed by atoms with E-state index >= 15 is 0 Å². The van der Waals surface area contributed by atoms with Gasteiger partial charge in [-0.25, -0.2) is 0 Å². The predicted octanol–water partition coefficient (Wildman–Crippen LogP) is 2.28. The monoisotopic (exact) mass is 267 g/mol. The van der Waals surface area contributed by atoms with Crippen LogP contribution in [0.2, 0.25) is 0 Å². The number of alkyl halides is 1. The zero-order valence-electron chi connectivity index (χ0n) is 8.47. The van der Waals surface area contributed by atoms with Crippen LogP contribution in [0.15, 0.2) is 0 Å². The van der Waals surface area contributed by atoms with E-state index in [0.29, 0.717) is 5.92 Å². The molecule has 0 saturated carbocycles. The molecular formula is C9H18BrNOS. The van der Waals surface area contributed by atoms with Crippen molar-refractivity contribution < 1.29 is 4.79 Å². The molecule has 13 heavy (non-hydrogen) atoms. The van der Waals surface area contributed by atoms with Gasteiger partial charge in [0.05, 0.1) is 4.83 Å². The van der Waals surface area contributed by atoms with Gasteiger partial charge in [-0.1, -0.05) is 29.8 Å². The molecule has 2 unspecified atom stereocenters. The Hall–Kier alpha value is 0.300. The fourth-order valence-corrected chi connectivity index (χ4v) is 1.76. The summed E-state index contributed by atoms with van der Waals surface area (Å²) in [6.07, 6.45) is 2.92. The molecule has 1 N–H and O–H groups in total. The molecule has 0 aliphatic heterocycles. The van der Waals surface area contributed by atoms with Crippen LogP contribution in [0, 0.1) is 5.92 Å². The first kappa shape index (κ1) is 13.3. The quantitative estimate of drug-likeness (QED) is 0.749. The maximum absolute atomic E-state index is 11.3. The van der Waals surface area contributed by atoms with Gasteiger partial charge < -0.3 is 5.32 Å². The van der Waals surface area contributed by atoms with Gasteiger partial charge >= 0.3 is 0 Å². The summed E-state index contributed by atoms with van der Waals surface area (Å²) >= 11 is 5.13. The molecule has 0 aromatic heterocycles. The number of nitrogens with one attached hydrogen (secondary N) is 1. The fraction of sp³-hybridized carbons (Fsp3) is 0.889. The van der Waals surface area contributed by atoms with Crippen molar-refractivity contribution in [2.75, 3.05) is 18.6 Å². The van der Waals surface area contributed by atoms with E-state index in [4.69, 9.17) is 0 Å². The number of halogens is 1. The van der Waals surface area contributed by atoms with Gasteiger partial charge in [0.25, 0.3) is 0 Å². The molecule has 1 amide bonds. The second kappa shape index (κ2) is 7.68. The predicted molar refractivity (Wildman–Crippen MR) is 63.6 cm³/mol. The van der Waals surface area contributed by atoms with Gasteiger partial charge in [-0.3, -0.25) is 4.79 Å². The molecule has 0 radical (unpaired) electrons. The first-order chi connectivity index (χ1) is 6.11. The van der Waals surface area contributed by atoms with Crippen molar-refractivity contribution >= 4 is 33.6 Å². The molecule has 0 aromatic carbocycles. The van der Waals surface area contributed by atoms with Gasteiger partial charge in [0.15, 0.2) is 0 Å². The minimum absolute atomic E-state index is 0.0334. The second-order valence-electron chi connectivity index (χ2n) is 3.18. The molecule has 0 saturated heterocycles. The minimum Gasteiger partial charge on any atom is -0.355 e. The largest absolute Gasteiger partial charge is 0.355 e. The molecule has 0 fully saturated rings. The van der Waals surface area contributed by atoms with E-state index in [0.717, 1.165) is 18.7 Å². The van der Waals surface area contributed by atoms with Crippen LogP contribution in [0.5, 0.6) is 0 Å². The molecule has 0 rings (SSSR count). The summed E-state index contributed by atoms with van der Waals surface area (Å²) in [6.45, 7) is 4.91. The normalized spacial score (nSPS) is 15.1. The highest BCUT2D eigenvalue weighted by Gasteiger charge is 2.12. The fourth-order valence-electron chi connectivity index (χ4n) is 0.914. The lowest BCUT2D eigenvalue weighted by molar-refractivity contribution is -0.120. The van der Waals surface area contributed by atoms with Crippen LogP contribution in [0.3, 0.4) is 0 Å². The first-order valence-electron chi connectivity index (χ1n) is 4.52. The summed E-state index contributed by atoms with van der Waals surface area (Å²) < 4.78 is 0. The maximum Gasteiger partial charge on any atom is 0.233 e. The van der Waals surface area contributed by atoms with Crippen LogP contribution in [0.4, 0.5) is 0 Å². The van der Waals surface area contributed by atoms with E-state index in [2.05, 4.69) is 34.4 Å². The van der Waals surface area contributed by atoms with Crippen molar-refractivity contribution in [3.63, 3.8) is 0 Å². The highest BCUT2D eigenvalue weighted by atomic mass is 79.9. The van der Waals surface area contributed by atoms with Crippen LogP contribution < -0.4 is 5.32 Å². The van der Waals surface area contributed by atoms with Gasteiger partial charge in [-0.2, -0.15) is 11.8 Å². The van der Waals surface area contributed by atoms with Gasteiger partial charge in [0, 0.05) is 6.54 Å². The SMILES string of the molecule is CCC(Br)C(=O)NCC(C)CSC. The summed E-state index contributed by atoms with van der Waals surface area (Å²) in [5, 5.41) is 2.92. The number of amides is 1. The summed E-state index contributed by atoms with van der Waals surface area (Å²) in [6, 6.07) is 0. The molecule has 0 aliphatic rings. The third-order valence-electron chi connectivity index (χ3n) is 1.72. The van der Waals surface area contributed by atoms with Crippen molar-refractivity contribution in [3.8, 4) is 0 Å². The smallest absolute Gasteiger partial charge is 0.233 e. The Kier molecular flexibility index (Phi) is 7.86. The lowest BCUT2D eigenvalue weighted by Gasteiger charge is -2.12. The molecular weight excluding hydrogens is 250 g/mol. The van der Waals surface area contributed by atoms with E-state index in [1.54, 1.807) is 0 Å². The Labute approximate surface area is 93.4 Å². The van der Waals surface area contributed by atoms with E-state index in [1.807, 2.05) is 18.7 Å². The molecule has 2 atom stereocenters. The highest BCUT2D eigenvalue weighted by Crippen LogP contribution is 2.06. The molecule has 0 heterocycles. The number of thioether (sulfide) groups is 1. The number of carbonyl (C=O) groups is 1. The average Bonchev–Trinajstić information content (AvgIpc) is 2.13. The van der Waals surface area contributed by atoms with Crippen molar-refractivity contribution in [2.45, 2.75) is 25.1 Å². The van der Waals surface area contributed by atoms with E-state index in [-0.39, 0.29) is 10.7 Å². The van der Waals surface area contributed by atoms with Gasteiger partial charge in [0.2, 0.25) is 5.91 Å². The van der Waals surface area contributed by atoms with Crippen molar-refractivity contribution in [2.24, 2.45) is 5.92 Å². The van der Waals surface area contributed by atoms with Crippen molar-refractivity contribution in [1.29, 1.82) is 0 Å². The summed E-state index contributed by atoms with van der Waals surface area (Å²) in [5.41, 5.74) is 0. The number of carbonyl (C=O) groups excluding carboxylic acids is 1. The van der Waals surface area contributed by atoms with E-state index < -0.39 is 0 Å². The van der Waals surface area contributed by atoms with Gasteiger partial charge in [-0.15, -0.1) is 0 Å². The van der Waals surface area contributed by atoms with Gasteiger partial charge in [-0.05, 0) is 24.3 Å². The Morgan fingerprint density at radius 1 is 1.62 bits per heavy atom.